The van der Waals surface area contributed by atoms with E-state index in [0.717, 1.165) is 18.4 Å². The topological polar surface area (TPSA) is 84.2 Å². The van der Waals surface area contributed by atoms with E-state index < -0.39 is 5.97 Å². The molecule has 154 valence electrons. The summed E-state index contributed by atoms with van der Waals surface area (Å²) in [5.74, 6) is -1.25. The van der Waals surface area contributed by atoms with Gasteiger partial charge in [-0.05, 0) is 24.0 Å². The van der Waals surface area contributed by atoms with Crippen molar-refractivity contribution in [2.75, 3.05) is 0 Å². The zero-order valence-electron chi connectivity index (χ0n) is 16.6. The molecule has 0 bridgehead atoms. The zero-order chi connectivity index (χ0) is 19.6. The summed E-state index contributed by atoms with van der Waals surface area (Å²) in [6.45, 7) is 4.26. The molecule has 7 heteroatoms. The van der Waals surface area contributed by atoms with Crippen LogP contribution in [0.3, 0.4) is 0 Å². The van der Waals surface area contributed by atoms with Gasteiger partial charge in [0.15, 0.2) is 0 Å². The molecule has 1 unspecified atom stereocenters. The number of benzene rings is 1. The van der Waals surface area contributed by atoms with Crippen molar-refractivity contribution >= 4 is 24.3 Å². The predicted molar refractivity (Wildman–Crippen MR) is 112 cm³/mol. The quantitative estimate of drug-likeness (QED) is 0.666. The number of aliphatic carboxylic acids is 1. The minimum absolute atomic E-state index is 0. The summed E-state index contributed by atoms with van der Waals surface area (Å²) >= 11 is 0. The molecule has 1 amide bonds. The van der Waals surface area contributed by atoms with Crippen LogP contribution in [0.2, 0.25) is 0 Å². The molecule has 6 nitrogen and oxygen atoms in total. The molecule has 28 heavy (non-hydrogen) atoms. The Kier molecular flexibility index (Phi) is 10.3. The molecule has 1 aromatic heterocycles. The van der Waals surface area contributed by atoms with E-state index in [-0.39, 0.29) is 36.6 Å². The number of unbranched alkanes of at least 4 members (excludes halogenated alkanes) is 3. The average molecular weight is 408 g/mol. The van der Waals surface area contributed by atoms with E-state index in [1.807, 2.05) is 18.2 Å². The second kappa shape index (κ2) is 12.2. The van der Waals surface area contributed by atoms with Gasteiger partial charge in [-0.15, -0.1) is 12.4 Å². The summed E-state index contributed by atoms with van der Waals surface area (Å²) in [6, 6.07) is 8.05. The van der Waals surface area contributed by atoms with E-state index in [1.54, 1.807) is 0 Å². The Labute approximate surface area is 172 Å². The Morgan fingerprint density at radius 1 is 1.21 bits per heavy atom. The van der Waals surface area contributed by atoms with Crippen molar-refractivity contribution in [3.05, 3.63) is 53.6 Å². The third kappa shape index (κ3) is 7.00. The van der Waals surface area contributed by atoms with Crippen LogP contribution in [0.5, 0.6) is 0 Å². The molecule has 1 aromatic carbocycles. The minimum atomic E-state index is -0.968. The normalized spacial score (nSPS) is 14.3. The second-order valence-corrected chi connectivity index (χ2v) is 6.80. The van der Waals surface area contributed by atoms with Crippen molar-refractivity contribution in [3.63, 3.8) is 0 Å². The number of carboxylic acid groups (broad SMARTS) is 1. The van der Waals surface area contributed by atoms with Crippen LogP contribution >= 0.6 is 12.4 Å². The van der Waals surface area contributed by atoms with Crippen molar-refractivity contribution < 1.29 is 14.7 Å². The molecule has 0 saturated carbocycles. The fraction of sp³-hybridized carbons (Fsp3) is 0.476. The number of nitrogens with zero attached hydrogens (tertiary/aromatic N) is 2. The molecule has 0 aliphatic heterocycles. The van der Waals surface area contributed by atoms with E-state index in [1.165, 1.54) is 48.3 Å². The molecule has 0 radical (unpaired) electrons. The van der Waals surface area contributed by atoms with Gasteiger partial charge in [-0.25, -0.2) is 4.98 Å². The zero-order valence-corrected chi connectivity index (χ0v) is 17.4. The second-order valence-electron chi connectivity index (χ2n) is 6.80. The summed E-state index contributed by atoms with van der Waals surface area (Å²) in [7, 11) is 0. The first kappa shape index (κ1) is 23.7. The van der Waals surface area contributed by atoms with Crippen molar-refractivity contribution in [2.24, 2.45) is 0 Å². The predicted octanol–water partition coefficient (Wildman–Crippen LogP) is 4.39. The number of carboxylic acids is 1. The van der Waals surface area contributed by atoms with Crippen molar-refractivity contribution in [2.45, 2.75) is 65.0 Å². The van der Waals surface area contributed by atoms with Crippen LogP contribution < -0.4 is 5.32 Å². The fourth-order valence-corrected chi connectivity index (χ4v) is 3.16. The van der Waals surface area contributed by atoms with Crippen LogP contribution in [0.15, 0.2) is 36.8 Å². The summed E-state index contributed by atoms with van der Waals surface area (Å²) in [5, 5.41) is 11.7. The third-order valence-corrected chi connectivity index (χ3v) is 4.58. The van der Waals surface area contributed by atoms with Crippen LogP contribution in [0.25, 0.3) is 0 Å². The Hall–Kier alpha value is -2.34. The van der Waals surface area contributed by atoms with E-state index in [9.17, 15) is 9.59 Å². The van der Waals surface area contributed by atoms with Gasteiger partial charge in [-0.1, -0.05) is 63.8 Å². The Morgan fingerprint density at radius 3 is 2.54 bits per heavy atom. The van der Waals surface area contributed by atoms with Gasteiger partial charge in [-0.3, -0.25) is 9.59 Å². The lowest BCUT2D eigenvalue weighted by Crippen LogP contribution is -2.27. The molecule has 1 aliphatic rings. The maximum absolute atomic E-state index is 12.2. The number of hydrogen-bond acceptors (Lipinski definition) is 3. The molecule has 0 spiro atoms. The van der Waals surface area contributed by atoms with E-state index >= 15 is 0 Å². The van der Waals surface area contributed by atoms with Crippen molar-refractivity contribution in [1.82, 2.24) is 14.9 Å². The molecular weight excluding hydrogens is 378 g/mol. The highest BCUT2D eigenvalue weighted by molar-refractivity contribution is 5.92. The van der Waals surface area contributed by atoms with E-state index in [4.69, 9.17) is 5.11 Å². The molecule has 0 fully saturated rings. The first-order chi connectivity index (χ1) is 13.0. The van der Waals surface area contributed by atoms with Gasteiger partial charge in [0.1, 0.15) is 12.2 Å². The molecule has 1 heterocycles. The summed E-state index contributed by atoms with van der Waals surface area (Å²) in [4.78, 5) is 26.7. The fourth-order valence-electron chi connectivity index (χ4n) is 3.16. The number of aryl methyl sites for hydroxylation is 1. The Balaban J connectivity index is 0.000000492. The molecule has 1 atom stereocenters. The SMILES string of the molecule is CCCCCC.Cl.O=C(O)Cn1cnc(C(=O)NC2CCc3ccccc32)c1. The summed E-state index contributed by atoms with van der Waals surface area (Å²) in [6.07, 6.45) is 10.2. The van der Waals surface area contributed by atoms with Gasteiger partial charge < -0.3 is 15.0 Å². The third-order valence-electron chi connectivity index (χ3n) is 4.58. The van der Waals surface area contributed by atoms with Crippen LogP contribution in [0.4, 0.5) is 0 Å². The Morgan fingerprint density at radius 2 is 1.89 bits per heavy atom. The van der Waals surface area contributed by atoms with Gasteiger partial charge in [0.05, 0.1) is 12.4 Å². The average Bonchev–Trinajstić information content (AvgIpc) is 3.27. The van der Waals surface area contributed by atoms with Crippen molar-refractivity contribution in [1.29, 1.82) is 0 Å². The Bertz CT molecular complexity index is 757. The number of carbonyl (C=O) groups excluding carboxylic acids is 1. The molecule has 2 aromatic rings. The molecular formula is C21H30ClN3O3. The number of hydrogen-bond donors (Lipinski definition) is 2. The number of fused-ring (bicyclic) bond motifs is 1. The van der Waals surface area contributed by atoms with Crippen LogP contribution in [-0.2, 0) is 17.8 Å². The van der Waals surface area contributed by atoms with E-state index in [0.29, 0.717) is 0 Å². The van der Waals surface area contributed by atoms with Crippen molar-refractivity contribution in [3.8, 4) is 0 Å². The van der Waals surface area contributed by atoms with Gasteiger partial charge in [-0.2, -0.15) is 0 Å². The lowest BCUT2D eigenvalue weighted by Gasteiger charge is -2.12. The highest BCUT2D eigenvalue weighted by Crippen LogP contribution is 2.30. The highest BCUT2D eigenvalue weighted by atomic mass is 35.5. The number of halogens is 1. The van der Waals surface area contributed by atoms with Gasteiger partial charge in [0.25, 0.3) is 5.91 Å². The number of imidazole rings is 1. The molecule has 0 saturated heterocycles. The number of nitrogens with one attached hydrogen (secondary N) is 1. The molecule has 1 aliphatic carbocycles. The lowest BCUT2D eigenvalue weighted by molar-refractivity contribution is -0.137. The number of rotatable bonds is 7. The summed E-state index contributed by atoms with van der Waals surface area (Å²) < 4.78 is 1.37. The largest absolute Gasteiger partial charge is 0.480 e. The van der Waals surface area contributed by atoms with Crippen LogP contribution in [-0.4, -0.2) is 26.5 Å². The smallest absolute Gasteiger partial charge is 0.323 e. The molecule has 2 N–H and O–H groups in total. The maximum atomic E-state index is 12.2. The van der Waals surface area contributed by atoms with Crippen LogP contribution in [0.1, 0.15) is 73.6 Å². The highest BCUT2D eigenvalue weighted by Gasteiger charge is 2.24. The summed E-state index contributed by atoms with van der Waals surface area (Å²) in [5.41, 5.74) is 2.65. The van der Waals surface area contributed by atoms with Gasteiger partial charge >= 0.3 is 5.97 Å². The number of amides is 1. The first-order valence-electron chi connectivity index (χ1n) is 9.67. The monoisotopic (exact) mass is 407 g/mol. The first-order valence-corrected chi connectivity index (χ1v) is 9.67. The standard InChI is InChI=1S/C15H15N3O3.C6H14.ClH/c19-14(20)8-18-7-13(16-9-18)15(21)17-12-6-5-10-3-1-2-4-11(10)12;1-3-5-6-4-2;/h1-4,7,9,12H,5-6,8H2,(H,17,21)(H,19,20);3-6H2,1-2H3;1H. The lowest BCUT2D eigenvalue weighted by atomic mass is 10.1. The van der Waals surface area contributed by atoms with Crippen LogP contribution in [0, 0.1) is 0 Å². The molecule has 3 rings (SSSR count). The van der Waals surface area contributed by atoms with Gasteiger partial charge in [0, 0.05) is 6.20 Å². The minimum Gasteiger partial charge on any atom is -0.480 e. The van der Waals surface area contributed by atoms with E-state index in [2.05, 4.69) is 30.2 Å². The van der Waals surface area contributed by atoms with Gasteiger partial charge in [0.2, 0.25) is 0 Å². The number of carbonyl (C=O) groups is 2. The number of aromatic nitrogens is 2. The maximum Gasteiger partial charge on any atom is 0.323 e.